The van der Waals surface area contributed by atoms with Gasteiger partial charge in [-0.15, -0.1) is 0 Å². The van der Waals surface area contributed by atoms with Crippen LogP contribution in [0.5, 0.6) is 11.5 Å². The van der Waals surface area contributed by atoms with Gasteiger partial charge in [0.05, 0.1) is 12.8 Å². The number of carbonyl (C=O) groups is 2. The number of hydrogen-bond donors (Lipinski definition) is 0. The third-order valence-electron chi connectivity index (χ3n) is 4.01. The molecule has 1 aromatic carbocycles. The Balaban J connectivity index is 1.69. The van der Waals surface area contributed by atoms with Crippen molar-refractivity contribution in [3.8, 4) is 11.5 Å². The lowest BCUT2D eigenvalue weighted by molar-refractivity contribution is -0.147. The monoisotopic (exact) mass is 340 g/mol. The molecular weight excluding hydrogens is 320 g/mol. The van der Waals surface area contributed by atoms with Crippen LogP contribution in [0.15, 0.2) is 48.7 Å². The van der Waals surface area contributed by atoms with E-state index in [0.717, 1.165) is 6.42 Å². The molecule has 1 amide bonds. The van der Waals surface area contributed by atoms with Crippen molar-refractivity contribution in [2.45, 2.75) is 25.8 Å². The SMILES string of the molecule is CCOC(=O)[C@H]1CCCN1C(=O)c1ccc(Oc2ccccc2)cn1. The normalized spacial score (nSPS) is 16.5. The van der Waals surface area contributed by atoms with Gasteiger partial charge in [-0.2, -0.15) is 0 Å². The number of rotatable bonds is 5. The molecule has 1 saturated heterocycles. The number of benzene rings is 1. The minimum absolute atomic E-state index is 0.262. The number of ether oxygens (including phenoxy) is 2. The molecule has 0 bridgehead atoms. The van der Waals surface area contributed by atoms with Crippen LogP contribution in [-0.2, 0) is 9.53 Å². The fourth-order valence-electron chi connectivity index (χ4n) is 2.83. The second kappa shape index (κ2) is 7.79. The standard InChI is InChI=1S/C19H20N2O4/c1-2-24-19(23)17-9-6-12-21(17)18(22)16-11-10-15(13-20-16)25-14-7-4-3-5-8-14/h3-5,7-8,10-11,13,17H,2,6,9,12H2,1H3/t17-/m1/s1. The van der Waals surface area contributed by atoms with Crippen LogP contribution in [0.25, 0.3) is 0 Å². The summed E-state index contributed by atoms with van der Waals surface area (Å²) < 4.78 is 10.7. The summed E-state index contributed by atoms with van der Waals surface area (Å²) in [5.74, 6) is 0.635. The molecular formula is C19H20N2O4. The Morgan fingerprint density at radius 1 is 1.16 bits per heavy atom. The molecule has 0 spiro atoms. The van der Waals surface area contributed by atoms with Crippen LogP contribution in [0.3, 0.4) is 0 Å². The van der Waals surface area contributed by atoms with E-state index in [1.807, 2.05) is 30.3 Å². The molecule has 1 aromatic heterocycles. The third kappa shape index (κ3) is 3.96. The highest BCUT2D eigenvalue weighted by Crippen LogP contribution is 2.23. The van der Waals surface area contributed by atoms with E-state index in [-0.39, 0.29) is 17.6 Å². The van der Waals surface area contributed by atoms with Crippen LogP contribution < -0.4 is 4.74 Å². The first-order valence-corrected chi connectivity index (χ1v) is 8.35. The predicted molar refractivity (Wildman–Crippen MR) is 91.4 cm³/mol. The maximum Gasteiger partial charge on any atom is 0.328 e. The molecule has 130 valence electrons. The first kappa shape index (κ1) is 17.0. The van der Waals surface area contributed by atoms with Crippen LogP contribution in [0.4, 0.5) is 0 Å². The first-order chi connectivity index (χ1) is 12.2. The van der Waals surface area contributed by atoms with Crippen LogP contribution in [-0.4, -0.2) is 41.0 Å². The number of pyridine rings is 1. The van der Waals surface area contributed by atoms with Crippen molar-refractivity contribution in [1.82, 2.24) is 9.88 Å². The third-order valence-corrected chi connectivity index (χ3v) is 4.01. The molecule has 25 heavy (non-hydrogen) atoms. The summed E-state index contributed by atoms with van der Waals surface area (Å²) in [5.41, 5.74) is 0.289. The molecule has 3 rings (SSSR count). The number of aromatic nitrogens is 1. The van der Waals surface area contributed by atoms with E-state index < -0.39 is 6.04 Å². The van der Waals surface area contributed by atoms with Gasteiger partial charge in [0.25, 0.3) is 5.91 Å². The Labute approximate surface area is 146 Å². The van der Waals surface area contributed by atoms with Gasteiger partial charge in [-0.1, -0.05) is 18.2 Å². The fraction of sp³-hybridized carbons (Fsp3) is 0.316. The minimum atomic E-state index is -0.519. The second-order valence-electron chi connectivity index (χ2n) is 5.70. The lowest BCUT2D eigenvalue weighted by Gasteiger charge is -2.22. The number of esters is 1. The average molecular weight is 340 g/mol. The Morgan fingerprint density at radius 3 is 2.64 bits per heavy atom. The van der Waals surface area contributed by atoms with Gasteiger partial charge in [-0.3, -0.25) is 4.79 Å². The van der Waals surface area contributed by atoms with Crippen LogP contribution in [0.1, 0.15) is 30.3 Å². The van der Waals surface area contributed by atoms with E-state index in [0.29, 0.717) is 31.1 Å². The van der Waals surface area contributed by atoms with E-state index in [4.69, 9.17) is 9.47 Å². The summed E-state index contributed by atoms with van der Waals surface area (Å²) >= 11 is 0. The molecule has 1 atom stereocenters. The van der Waals surface area contributed by atoms with Gasteiger partial charge in [0.2, 0.25) is 0 Å². The van der Waals surface area contributed by atoms with E-state index in [1.54, 1.807) is 19.1 Å². The molecule has 0 unspecified atom stereocenters. The van der Waals surface area contributed by atoms with Crippen molar-refractivity contribution < 1.29 is 19.1 Å². The number of amides is 1. The lowest BCUT2D eigenvalue weighted by Crippen LogP contribution is -2.41. The van der Waals surface area contributed by atoms with Gasteiger partial charge in [-0.25, -0.2) is 9.78 Å². The highest BCUT2D eigenvalue weighted by molar-refractivity contribution is 5.95. The summed E-state index contributed by atoms with van der Waals surface area (Å²) in [6.07, 6.45) is 2.92. The van der Waals surface area contributed by atoms with Gasteiger partial charge in [-0.05, 0) is 44.0 Å². The molecule has 1 aliphatic heterocycles. The van der Waals surface area contributed by atoms with Gasteiger partial charge >= 0.3 is 5.97 Å². The number of para-hydroxylation sites is 1. The number of nitrogens with zero attached hydrogens (tertiary/aromatic N) is 2. The Kier molecular flexibility index (Phi) is 5.28. The van der Waals surface area contributed by atoms with Crippen molar-refractivity contribution >= 4 is 11.9 Å². The lowest BCUT2D eigenvalue weighted by atomic mass is 10.2. The summed E-state index contributed by atoms with van der Waals surface area (Å²) in [4.78, 5) is 30.4. The largest absolute Gasteiger partial charge is 0.464 e. The van der Waals surface area contributed by atoms with Crippen molar-refractivity contribution in [1.29, 1.82) is 0 Å². The Morgan fingerprint density at radius 2 is 1.96 bits per heavy atom. The quantitative estimate of drug-likeness (QED) is 0.783. The maximum absolute atomic E-state index is 12.7. The second-order valence-corrected chi connectivity index (χ2v) is 5.70. The van der Waals surface area contributed by atoms with E-state index in [1.165, 1.54) is 11.1 Å². The first-order valence-electron chi connectivity index (χ1n) is 8.35. The molecule has 0 radical (unpaired) electrons. The molecule has 0 N–H and O–H groups in total. The minimum Gasteiger partial charge on any atom is -0.464 e. The Hall–Kier alpha value is -2.89. The highest BCUT2D eigenvalue weighted by Gasteiger charge is 2.35. The highest BCUT2D eigenvalue weighted by atomic mass is 16.5. The summed E-state index contributed by atoms with van der Waals surface area (Å²) in [7, 11) is 0. The molecule has 1 aliphatic rings. The molecule has 1 fully saturated rings. The summed E-state index contributed by atoms with van der Waals surface area (Å²) in [6.45, 7) is 2.60. The van der Waals surface area contributed by atoms with Crippen LogP contribution in [0, 0.1) is 0 Å². The number of hydrogen-bond acceptors (Lipinski definition) is 5. The number of carbonyl (C=O) groups excluding carboxylic acids is 2. The zero-order valence-corrected chi connectivity index (χ0v) is 14.1. The van der Waals surface area contributed by atoms with Crippen molar-refractivity contribution in [2.75, 3.05) is 13.2 Å². The van der Waals surface area contributed by atoms with E-state index >= 15 is 0 Å². The zero-order chi connectivity index (χ0) is 17.6. The Bertz CT molecular complexity index is 731. The fourth-order valence-corrected chi connectivity index (χ4v) is 2.83. The van der Waals surface area contributed by atoms with Gasteiger partial charge in [0.1, 0.15) is 23.2 Å². The topological polar surface area (TPSA) is 68.7 Å². The van der Waals surface area contributed by atoms with Gasteiger partial charge in [0, 0.05) is 6.54 Å². The van der Waals surface area contributed by atoms with E-state index in [9.17, 15) is 9.59 Å². The predicted octanol–water partition coefficient (Wildman–Crippen LogP) is 3.04. The van der Waals surface area contributed by atoms with Crippen molar-refractivity contribution in [2.24, 2.45) is 0 Å². The van der Waals surface area contributed by atoms with Crippen molar-refractivity contribution in [3.63, 3.8) is 0 Å². The molecule has 0 aliphatic carbocycles. The molecule has 2 aromatic rings. The molecule has 6 heteroatoms. The van der Waals surface area contributed by atoms with Gasteiger partial charge in [0.15, 0.2) is 0 Å². The van der Waals surface area contributed by atoms with Gasteiger partial charge < -0.3 is 14.4 Å². The number of likely N-dealkylation sites (tertiary alicyclic amines) is 1. The molecule has 0 saturated carbocycles. The van der Waals surface area contributed by atoms with Crippen LogP contribution >= 0.6 is 0 Å². The molecule has 2 heterocycles. The smallest absolute Gasteiger partial charge is 0.328 e. The summed E-state index contributed by atoms with van der Waals surface area (Å²) in [6, 6.07) is 12.1. The van der Waals surface area contributed by atoms with E-state index in [2.05, 4.69) is 4.98 Å². The average Bonchev–Trinajstić information content (AvgIpc) is 3.13. The maximum atomic E-state index is 12.7. The van der Waals surface area contributed by atoms with Crippen molar-refractivity contribution in [3.05, 3.63) is 54.4 Å². The zero-order valence-electron chi connectivity index (χ0n) is 14.1. The van der Waals surface area contributed by atoms with Crippen LogP contribution in [0.2, 0.25) is 0 Å². The molecule has 6 nitrogen and oxygen atoms in total. The summed E-state index contributed by atoms with van der Waals surface area (Å²) in [5, 5.41) is 0.